The summed E-state index contributed by atoms with van der Waals surface area (Å²) in [6.07, 6.45) is 1.62. The minimum absolute atomic E-state index is 0.0461. The van der Waals surface area contributed by atoms with E-state index in [-0.39, 0.29) is 11.9 Å². The van der Waals surface area contributed by atoms with Crippen LogP contribution in [0.1, 0.15) is 22.3 Å². The van der Waals surface area contributed by atoms with Crippen LogP contribution in [-0.2, 0) is 7.05 Å². The van der Waals surface area contributed by atoms with Crippen LogP contribution >= 0.6 is 23.2 Å². The van der Waals surface area contributed by atoms with E-state index in [4.69, 9.17) is 27.6 Å². The van der Waals surface area contributed by atoms with E-state index in [1.54, 1.807) is 23.9 Å². The highest BCUT2D eigenvalue weighted by Gasteiger charge is 2.20. The van der Waals surface area contributed by atoms with Gasteiger partial charge in [0.1, 0.15) is 16.6 Å². The Labute approximate surface area is 133 Å². The Morgan fingerprint density at radius 1 is 1.48 bits per heavy atom. The van der Waals surface area contributed by atoms with Crippen molar-refractivity contribution in [2.24, 2.45) is 7.05 Å². The SMILES string of the molecule is CN(C)[C@H](CNC(=O)c1cc(Cl)c(Cl)n1C)c1ccco1. The predicted molar refractivity (Wildman–Crippen MR) is 82.9 cm³/mol. The zero-order chi connectivity index (χ0) is 15.6. The Hall–Kier alpha value is -1.43. The van der Waals surface area contributed by atoms with E-state index < -0.39 is 0 Å². The van der Waals surface area contributed by atoms with Crippen molar-refractivity contribution in [3.05, 3.63) is 46.1 Å². The molecule has 0 spiro atoms. The molecule has 0 aromatic carbocycles. The summed E-state index contributed by atoms with van der Waals surface area (Å²) in [5.74, 6) is 0.563. The van der Waals surface area contributed by atoms with Crippen molar-refractivity contribution < 1.29 is 9.21 Å². The summed E-state index contributed by atoms with van der Waals surface area (Å²) in [4.78, 5) is 14.2. The van der Waals surface area contributed by atoms with Gasteiger partial charge in [-0.3, -0.25) is 9.69 Å². The van der Waals surface area contributed by atoms with E-state index in [1.165, 1.54) is 0 Å². The predicted octanol–water partition coefficient (Wildman–Crippen LogP) is 2.96. The maximum atomic E-state index is 12.2. The lowest BCUT2D eigenvalue weighted by atomic mass is 10.2. The highest BCUT2D eigenvalue weighted by atomic mass is 35.5. The Morgan fingerprint density at radius 3 is 2.67 bits per heavy atom. The van der Waals surface area contributed by atoms with Crippen LogP contribution in [0.3, 0.4) is 0 Å². The number of likely N-dealkylation sites (N-methyl/N-ethyl adjacent to an activating group) is 1. The molecule has 21 heavy (non-hydrogen) atoms. The number of nitrogens with zero attached hydrogens (tertiary/aromatic N) is 2. The molecule has 2 heterocycles. The summed E-state index contributed by atoms with van der Waals surface area (Å²) in [5, 5.41) is 3.58. The smallest absolute Gasteiger partial charge is 0.268 e. The second-order valence-electron chi connectivity index (χ2n) is 4.93. The molecule has 1 atom stereocenters. The molecule has 1 N–H and O–H groups in total. The van der Waals surface area contributed by atoms with Crippen molar-refractivity contribution in [2.75, 3.05) is 20.6 Å². The fourth-order valence-electron chi connectivity index (χ4n) is 2.06. The van der Waals surface area contributed by atoms with Gasteiger partial charge in [-0.2, -0.15) is 0 Å². The molecule has 0 unspecified atom stereocenters. The molecule has 0 aliphatic carbocycles. The Kier molecular flexibility index (Phi) is 4.98. The molecule has 0 radical (unpaired) electrons. The molecule has 0 aliphatic rings. The van der Waals surface area contributed by atoms with Gasteiger partial charge in [0.15, 0.2) is 0 Å². The summed E-state index contributed by atoms with van der Waals surface area (Å²) < 4.78 is 6.95. The van der Waals surface area contributed by atoms with Gasteiger partial charge in [0.05, 0.1) is 17.3 Å². The van der Waals surface area contributed by atoms with E-state index in [9.17, 15) is 4.79 Å². The number of aromatic nitrogens is 1. The van der Waals surface area contributed by atoms with Gasteiger partial charge >= 0.3 is 0 Å². The minimum atomic E-state index is -0.232. The number of hydrogen-bond donors (Lipinski definition) is 1. The lowest BCUT2D eigenvalue weighted by Gasteiger charge is -2.22. The van der Waals surface area contributed by atoms with Crippen molar-refractivity contribution in [2.45, 2.75) is 6.04 Å². The summed E-state index contributed by atoms with van der Waals surface area (Å²) in [6, 6.07) is 5.21. The average molecular weight is 330 g/mol. The third kappa shape index (κ3) is 3.43. The summed E-state index contributed by atoms with van der Waals surface area (Å²) >= 11 is 11.9. The van der Waals surface area contributed by atoms with E-state index in [0.29, 0.717) is 22.4 Å². The summed E-state index contributed by atoms with van der Waals surface area (Å²) in [5.41, 5.74) is 0.418. The van der Waals surface area contributed by atoms with Crippen LogP contribution in [0.5, 0.6) is 0 Å². The van der Waals surface area contributed by atoms with Gasteiger partial charge in [0, 0.05) is 13.6 Å². The largest absolute Gasteiger partial charge is 0.468 e. The first kappa shape index (κ1) is 15.9. The number of nitrogens with one attached hydrogen (secondary N) is 1. The van der Waals surface area contributed by atoms with E-state index in [0.717, 1.165) is 5.76 Å². The van der Waals surface area contributed by atoms with Gasteiger partial charge < -0.3 is 14.3 Å². The standard InChI is InChI=1S/C14H17Cl2N3O2/c1-18(2)11(12-5-4-6-21-12)8-17-14(20)10-7-9(15)13(16)19(10)3/h4-7,11H,8H2,1-3H3,(H,17,20)/t11-/m1/s1. The zero-order valence-corrected chi connectivity index (χ0v) is 13.6. The molecule has 2 aromatic rings. The van der Waals surface area contributed by atoms with Gasteiger partial charge in [0.25, 0.3) is 5.91 Å². The highest BCUT2D eigenvalue weighted by Crippen LogP contribution is 2.25. The van der Waals surface area contributed by atoms with Gasteiger partial charge in [-0.05, 0) is 32.3 Å². The van der Waals surface area contributed by atoms with Gasteiger partial charge in [-0.15, -0.1) is 0 Å². The molecule has 2 rings (SSSR count). The zero-order valence-electron chi connectivity index (χ0n) is 12.1. The highest BCUT2D eigenvalue weighted by molar-refractivity contribution is 6.41. The minimum Gasteiger partial charge on any atom is -0.468 e. The van der Waals surface area contributed by atoms with Crippen molar-refractivity contribution >= 4 is 29.1 Å². The van der Waals surface area contributed by atoms with Crippen LogP contribution in [0.2, 0.25) is 10.2 Å². The number of amides is 1. The molecule has 2 aromatic heterocycles. The average Bonchev–Trinajstić information content (AvgIpc) is 3.03. The third-order valence-electron chi connectivity index (χ3n) is 3.30. The van der Waals surface area contributed by atoms with Crippen LogP contribution in [0.15, 0.2) is 28.9 Å². The fourth-order valence-corrected chi connectivity index (χ4v) is 2.43. The number of hydrogen-bond acceptors (Lipinski definition) is 3. The van der Waals surface area contributed by atoms with E-state index in [2.05, 4.69) is 5.32 Å². The molecule has 7 heteroatoms. The van der Waals surface area contributed by atoms with Crippen LogP contribution in [0.4, 0.5) is 0 Å². The Balaban J connectivity index is 2.07. The fraction of sp³-hybridized carbons (Fsp3) is 0.357. The second-order valence-corrected chi connectivity index (χ2v) is 5.70. The summed E-state index contributed by atoms with van der Waals surface area (Å²) in [6.45, 7) is 0.416. The van der Waals surface area contributed by atoms with E-state index >= 15 is 0 Å². The number of carbonyl (C=O) groups is 1. The van der Waals surface area contributed by atoms with Crippen LogP contribution in [0.25, 0.3) is 0 Å². The normalized spacial score (nSPS) is 12.7. The van der Waals surface area contributed by atoms with Gasteiger partial charge in [0.2, 0.25) is 0 Å². The van der Waals surface area contributed by atoms with Crippen molar-refractivity contribution in [3.63, 3.8) is 0 Å². The maximum Gasteiger partial charge on any atom is 0.268 e. The van der Waals surface area contributed by atoms with Gasteiger partial charge in [-0.1, -0.05) is 23.2 Å². The second kappa shape index (κ2) is 6.56. The number of rotatable bonds is 5. The molecule has 0 saturated heterocycles. The molecule has 114 valence electrons. The van der Waals surface area contributed by atoms with Crippen molar-refractivity contribution in [1.29, 1.82) is 0 Å². The summed E-state index contributed by atoms with van der Waals surface area (Å²) in [7, 11) is 5.55. The molecule has 0 fully saturated rings. The molecule has 5 nitrogen and oxygen atoms in total. The van der Waals surface area contributed by atoms with Crippen LogP contribution < -0.4 is 5.32 Å². The van der Waals surface area contributed by atoms with Crippen molar-refractivity contribution in [1.82, 2.24) is 14.8 Å². The number of carbonyl (C=O) groups excluding carboxylic acids is 1. The maximum absolute atomic E-state index is 12.2. The lowest BCUT2D eigenvalue weighted by molar-refractivity contribution is 0.0931. The molecule has 0 aliphatic heterocycles. The van der Waals surface area contributed by atoms with Crippen molar-refractivity contribution in [3.8, 4) is 0 Å². The van der Waals surface area contributed by atoms with Gasteiger partial charge in [-0.25, -0.2) is 0 Å². The van der Waals surface area contributed by atoms with E-state index in [1.807, 2.05) is 31.1 Å². The molecule has 0 bridgehead atoms. The monoisotopic (exact) mass is 329 g/mol. The topological polar surface area (TPSA) is 50.4 Å². The molecular weight excluding hydrogens is 313 g/mol. The Bertz CT molecular complexity index is 620. The van der Waals surface area contributed by atoms with Crippen LogP contribution in [0, 0.1) is 0 Å². The molecule has 0 saturated carbocycles. The first-order chi connectivity index (χ1) is 9.91. The first-order valence-corrected chi connectivity index (χ1v) is 7.16. The molecular formula is C14H17Cl2N3O2. The quantitative estimate of drug-likeness (QED) is 0.917. The number of furan rings is 1. The Morgan fingerprint density at radius 2 is 2.19 bits per heavy atom. The van der Waals surface area contributed by atoms with Crippen LogP contribution in [-0.4, -0.2) is 36.0 Å². The third-order valence-corrected chi connectivity index (χ3v) is 4.14. The lowest BCUT2D eigenvalue weighted by Crippen LogP contribution is -2.35. The molecule has 1 amide bonds. The first-order valence-electron chi connectivity index (χ1n) is 6.40. The number of halogens is 2.